The van der Waals surface area contributed by atoms with Crippen molar-refractivity contribution in [1.82, 2.24) is 15.5 Å². The molecule has 0 aliphatic carbocycles. The second-order valence-electron chi connectivity index (χ2n) is 8.09. The first-order valence-electron chi connectivity index (χ1n) is 10.3. The van der Waals surface area contributed by atoms with Crippen molar-refractivity contribution in [3.05, 3.63) is 71.8 Å². The highest BCUT2D eigenvalue weighted by Crippen LogP contribution is 2.41. The van der Waals surface area contributed by atoms with E-state index in [1.54, 1.807) is 30.3 Å². The van der Waals surface area contributed by atoms with E-state index >= 15 is 0 Å². The lowest BCUT2D eigenvalue weighted by Crippen LogP contribution is -2.60. The maximum Gasteiger partial charge on any atom is 0.347 e. The normalized spacial score (nSPS) is 16.9. The Labute approximate surface area is 211 Å². The minimum absolute atomic E-state index is 0.304. The molecule has 1 atom stereocenters. The van der Waals surface area contributed by atoms with Crippen molar-refractivity contribution in [3.8, 4) is 0 Å². The van der Waals surface area contributed by atoms with Crippen molar-refractivity contribution in [2.75, 3.05) is 10.6 Å². The number of urea groups is 2. The summed E-state index contributed by atoms with van der Waals surface area (Å²) in [6, 6.07) is 18.3. The molecule has 3 aromatic rings. The van der Waals surface area contributed by atoms with Gasteiger partial charge >= 0.3 is 12.1 Å². The number of thioether (sulfide) groups is 1. The third-order valence-corrected chi connectivity index (χ3v) is 7.02. The van der Waals surface area contributed by atoms with Gasteiger partial charge in [-0.15, -0.1) is 0 Å². The highest BCUT2D eigenvalue weighted by molar-refractivity contribution is 8.24. The molecule has 34 heavy (non-hydrogen) atoms. The summed E-state index contributed by atoms with van der Waals surface area (Å²) in [5, 5.41) is 20.5. The highest BCUT2D eigenvalue weighted by atomic mass is 35.5. The molecule has 3 aromatic carbocycles. The maximum absolute atomic E-state index is 13.0. The Hall–Kier alpha value is -3.05. The average molecular weight is 516 g/mol. The number of benzene rings is 3. The first-order chi connectivity index (χ1) is 16.2. The van der Waals surface area contributed by atoms with Gasteiger partial charge < -0.3 is 10.6 Å². The predicted molar refractivity (Wildman–Crippen MR) is 140 cm³/mol. The molecule has 0 saturated carbocycles. The molecule has 176 valence electrons. The first kappa shape index (κ1) is 24.1. The van der Waals surface area contributed by atoms with Gasteiger partial charge in [-0.3, -0.25) is 5.21 Å². The lowest BCUT2D eigenvalue weighted by atomic mass is 10.1. The van der Waals surface area contributed by atoms with Crippen LogP contribution in [0.1, 0.15) is 13.8 Å². The number of hydroxylamine groups is 2. The van der Waals surface area contributed by atoms with Crippen LogP contribution in [0, 0.1) is 0 Å². The molecule has 1 fully saturated rings. The predicted octanol–water partition coefficient (Wildman–Crippen LogP) is 5.89. The second kappa shape index (κ2) is 9.67. The Kier molecular flexibility index (Phi) is 6.85. The minimum Gasteiger partial charge on any atom is -0.307 e. The van der Waals surface area contributed by atoms with Crippen molar-refractivity contribution in [1.29, 1.82) is 0 Å². The van der Waals surface area contributed by atoms with Crippen LogP contribution in [0.15, 0.2) is 66.7 Å². The van der Waals surface area contributed by atoms with Crippen LogP contribution < -0.4 is 16.1 Å². The van der Waals surface area contributed by atoms with E-state index in [4.69, 9.17) is 23.8 Å². The third-order valence-electron chi connectivity index (χ3n) is 5.21. The van der Waals surface area contributed by atoms with Gasteiger partial charge in [0.2, 0.25) is 0 Å². The van der Waals surface area contributed by atoms with Crippen molar-refractivity contribution in [2.24, 2.45) is 0 Å². The lowest BCUT2D eigenvalue weighted by molar-refractivity contribution is -0.120. The number of fused-ring (bicyclic) bond motifs is 1. The number of thiocarbonyl (C=S) groups is 1. The van der Waals surface area contributed by atoms with E-state index in [-0.39, 0.29) is 0 Å². The SMILES string of the molecule is CC1(C)SC(=S)N(NC(=O)Nc2ccc(Cl)cc2)C1N(O)C(=O)Nc1cccc2ccccc12. The van der Waals surface area contributed by atoms with E-state index in [0.717, 1.165) is 10.8 Å². The van der Waals surface area contributed by atoms with Gasteiger partial charge in [0.05, 0.1) is 10.4 Å². The molecule has 0 bridgehead atoms. The Balaban J connectivity index is 1.52. The number of nitrogens with zero attached hydrogens (tertiary/aromatic N) is 2. The van der Waals surface area contributed by atoms with Crippen LogP contribution in [0.25, 0.3) is 10.8 Å². The monoisotopic (exact) mass is 515 g/mol. The molecule has 4 amide bonds. The Morgan fingerprint density at radius 2 is 1.74 bits per heavy atom. The summed E-state index contributed by atoms with van der Waals surface area (Å²) in [6.45, 7) is 3.64. The molecule has 0 radical (unpaired) electrons. The molecule has 1 unspecified atom stereocenters. The summed E-state index contributed by atoms with van der Waals surface area (Å²) < 4.78 is -0.423. The van der Waals surface area contributed by atoms with Crippen LogP contribution in [0.3, 0.4) is 0 Å². The van der Waals surface area contributed by atoms with Crippen molar-refractivity contribution < 1.29 is 14.8 Å². The maximum atomic E-state index is 13.0. The number of rotatable bonds is 4. The quantitative estimate of drug-likeness (QED) is 0.196. The number of hydrogen-bond donors (Lipinski definition) is 4. The van der Waals surface area contributed by atoms with Gasteiger partial charge in [-0.05, 0) is 49.6 Å². The molecule has 1 aliphatic rings. The summed E-state index contributed by atoms with van der Waals surface area (Å²) >= 11 is 12.6. The fourth-order valence-electron chi connectivity index (χ4n) is 3.67. The van der Waals surface area contributed by atoms with Crippen LogP contribution in [0.2, 0.25) is 5.02 Å². The molecular weight excluding hydrogens is 494 g/mol. The second-order valence-corrected chi connectivity index (χ2v) is 10.8. The number of halogens is 1. The van der Waals surface area contributed by atoms with Crippen LogP contribution >= 0.6 is 35.6 Å². The standard InChI is InChI=1S/C23H22ClN5O3S2/c1-23(2)19(28(22(33)34-23)27-20(30)25-16-12-10-15(24)11-13-16)29(32)21(31)26-18-9-5-7-14-6-3-4-8-17(14)18/h3-13,19,32H,1-2H3,(H,26,31)(H2,25,27,30). The Morgan fingerprint density at radius 1 is 1.06 bits per heavy atom. The zero-order valence-corrected chi connectivity index (χ0v) is 20.7. The van der Waals surface area contributed by atoms with E-state index in [0.29, 0.717) is 25.8 Å². The van der Waals surface area contributed by atoms with E-state index in [1.807, 2.05) is 50.2 Å². The van der Waals surface area contributed by atoms with Crippen molar-refractivity contribution >= 4 is 74.1 Å². The van der Waals surface area contributed by atoms with Crippen LogP contribution in [0.4, 0.5) is 21.0 Å². The topological polar surface area (TPSA) is 96.9 Å². The van der Waals surface area contributed by atoms with Gasteiger partial charge in [0, 0.05) is 16.1 Å². The summed E-state index contributed by atoms with van der Waals surface area (Å²) in [6.07, 6.45) is -0.976. The van der Waals surface area contributed by atoms with Crippen molar-refractivity contribution in [2.45, 2.75) is 24.8 Å². The number of anilines is 2. The molecule has 1 heterocycles. The third kappa shape index (κ3) is 5.05. The Bertz CT molecular complexity index is 1250. The van der Waals surface area contributed by atoms with Gasteiger partial charge in [-0.25, -0.2) is 20.0 Å². The Morgan fingerprint density at radius 3 is 2.47 bits per heavy atom. The summed E-state index contributed by atoms with van der Waals surface area (Å²) in [7, 11) is 0. The number of carbonyl (C=O) groups is 2. The molecular formula is C23H22ClN5O3S2. The van der Waals surface area contributed by atoms with Crippen LogP contribution in [0.5, 0.6) is 0 Å². The molecule has 1 aliphatic heterocycles. The lowest BCUT2D eigenvalue weighted by Gasteiger charge is -2.36. The highest BCUT2D eigenvalue weighted by Gasteiger charge is 2.50. The van der Waals surface area contributed by atoms with Crippen LogP contribution in [-0.2, 0) is 0 Å². The largest absolute Gasteiger partial charge is 0.347 e. The number of hydrogen-bond acceptors (Lipinski definition) is 5. The van der Waals surface area contributed by atoms with Gasteiger partial charge in [0.15, 0.2) is 10.5 Å². The minimum atomic E-state index is -0.976. The molecule has 0 aromatic heterocycles. The number of carbonyl (C=O) groups excluding carboxylic acids is 2. The van der Waals surface area contributed by atoms with E-state index < -0.39 is 23.0 Å². The fraction of sp³-hybridized carbons (Fsp3) is 0.174. The van der Waals surface area contributed by atoms with Gasteiger partial charge in [-0.1, -0.05) is 72.0 Å². The van der Waals surface area contributed by atoms with E-state index in [2.05, 4.69) is 16.1 Å². The fourth-order valence-corrected chi connectivity index (χ4v) is 5.59. The van der Waals surface area contributed by atoms with Gasteiger partial charge in [-0.2, -0.15) is 5.06 Å². The first-order valence-corrected chi connectivity index (χ1v) is 11.9. The zero-order chi connectivity index (χ0) is 24.5. The smallest absolute Gasteiger partial charge is 0.307 e. The zero-order valence-electron chi connectivity index (χ0n) is 18.3. The molecule has 4 N–H and O–H groups in total. The number of amides is 4. The molecule has 8 nitrogen and oxygen atoms in total. The van der Waals surface area contributed by atoms with Gasteiger partial charge in [0.1, 0.15) is 0 Å². The van der Waals surface area contributed by atoms with E-state index in [9.17, 15) is 14.8 Å². The van der Waals surface area contributed by atoms with Gasteiger partial charge in [0.25, 0.3) is 0 Å². The average Bonchev–Trinajstić information content (AvgIpc) is 3.02. The number of hydrazine groups is 1. The number of nitrogens with one attached hydrogen (secondary N) is 3. The molecule has 1 saturated heterocycles. The summed E-state index contributed by atoms with van der Waals surface area (Å²) in [4.78, 5) is 25.7. The summed E-state index contributed by atoms with van der Waals surface area (Å²) in [5.74, 6) is 0. The van der Waals surface area contributed by atoms with Crippen LogP contribution in [-0.4, -0.2) is 42.6 Å². The molecule has 0 spiro atoms. The molecule has 11 heteroatoms. The van der Waals surface area contributed by atoms with Crippen molar-refractivity contribution in [3.63, 3.8) is 0 Å². The molecule has 4 rings (SSSR count). The van der Waals surface area contributed by atoms with E-state index in [1.165, 1.54) is 16.8 Å². The summed E-state index contributed by atoms with van der Waals surface area (Å²) in [5.41, 5.74) is 3.70.